The summed E-state index contributed by atoms with van der Waals surface area (Å²) in [5.74, 6) is 0.735. The molecule has 4 heteroatoms. The first-order valence-corrected chi connectivity index (χ1v) is 4.28. The molecule has 0 N–H and O–H groups in total. The number of nitroso groups, excluding NO2 is 1. The minimum Gasteiger partial charge on any atom is -0.333 e. The molecule has 4 nitrogen and oxygen atoms in total. The molecular weight excluding hydrogens is 166 g/mol. The minimum absolute atomic E-state index is 0.154. The standard InChI is InChI=1S/C9H13N3O/c1-2-3-4-6-12-7-5-10-9(12)8-11-13/h2,5,7H,1,3-4,6,8H2. The summed E-state index contributed by atoms with van der Waals surface area (Å²) in [5.41, 5.74) is 0. The van der Waals surface area contributed by atoms with E-state index in [1.807, 2.05) is 16.8 Å². The van der Waals surface area contributed by atoms with E-state index in [0.29, 0.717) is 0 Å². The van der Waals surface area contributed by atoms with Crippen LogP contribution < -0.4 is 0 Å². The van der Waals surface area contributed by atoms with Gasteiger partial charge in [0, 0.05) is 18.9 Å². The van der Waals surface area contributed by atoms with E-state index in [1.54, 1.807) is 6.20 Å². The van der Waals surface area contributed by atoms with Crippen molar-refractivity contribution in [2.24, 2.45) is 5.18 Å². The van der Waals surface area contributed by atoms with Crippen LogP contribution in [-0.2, 0) is 13.1 Å². The molecule has 13 heavy (non-hydrogen) atoms. The van der Waals surface area contributed by atoms with Gasteiger partial charge < -0.3 is 4.57 Å². The molecular formula is C9H13N3O. The number of imidazole rings is 1. The highest BCUT2D eigenvalue weighted by molar-refractivity contribution is 4.91. The highest BCUT2D eigenvalue weighted by Crippen LogP contribution is 2.02. The van der Waals surface area contributed by atoms with Crippen LogP contribution in [0.1, 0.15) is 18.7 Å². The summed E-state index contributed by atoms with van der Waals surface area (Å²) in [4.78, 5) is 14.1. The Kier molecular flexibility index (Phi) is 3.88. The van der Waals surface area contributed by atoms with Gasteiger partial charge in [0.25, 0.3) is 0 Å². The van der Waals surface area contributed by atoms with Gasteiger partial charge >= 0.3 is 0 Å². The van der Waals surface area contributed by atoms with Crippen LogP contribution in [0.3, 0.4) is 0 Å². The van der Waals surface area contributed by atoms with Crippen LogP contribution in [0.5, 0.6) is 0 Å². The number of aryl methyl sites for hydroxylation is 1. The lowest BCUT2D eigenvalue weighted by atomic mass is 10.3. The molecule has 0 radical (unpaired) electrons. The van der Waals surface area contributed by atoms with E-state index in [9.17, 15) is 4.91 Å². The van der Waals surface area contributed by atoms with E-state index in [1.165, 1.54) is 0 Å². The van der Waals surface area contributed by atoms with Gasteiger partial charge in [-0.15, -0.1) is 6.58 Å². The molecule has 0 spiro atoms. The third-order valence-corrected chi connectivity index (χ3v) is 1.81. The van der Waals surface area contributed by atoms with E-state index in [-0.39, 0.29) is 6.54 Å². The van der Waals surface area contributed by atoms with Crippen molar-refractivity contribution in [3.05, 3.63) is 35.8 Å². The van der Waals surface area contributed by atoms with Gasteiger partial charge in [0.2, 0.25) is 0 Å². The maximum Gasteiger partial charge on any atom is 0.139 e. The van der Waals surface area contributed by atoms with Crippen molar-refractivity contribution in [3.63, 3.8) is 0 Å². The van der Waals surface area contributed by atoms with Crippen LogP contribution in [0.4, 0.5) is 0 Å². The summed E-state index contributed by atoms with van der Waals surface area (Å²) in [6.45, 7) is 4.67. The molecule has 0 aliphatic heterocycles. The second kappa shape index (κ2) is 5.24. The molecule has 0 saturated heterocycles. The summed E-state index contributed by atoms with van der Waals surface area (Å²) in [6.07, 6.45) is 7.43. The van der Waals surface area contributed by atoms with E-state index < -0.39 is 0 Å². The second-order valence-electron chi connectivity index (χ2n) is 2.75. The van der Waals surface area contributed by atoms with Gasteiger partial charge in [-0.05, 0) is 12.8 Å². The van der Waals surface area contributed by atoms with Gasteiger partial charge in [0.1, 0.15) is 12.4 Å². The van der Waals surface area contributed by atoms with Crippen LogP contribution in [0, 0.1) is 4.91 Å². The van der Waals surface area contributed by atoms with Crippen LogP contribution >= 0.6 is 0 Å². The van der Waals surface area contributed by atoms with Crippen molar-refractivity contribution in [2.75, 3.05) is 0 Å². The first kappa shape index (κ1) is 9.64. The lowest BCUT2D eigenvalue weighted by molar-refractivity contribution is 0.617. The number of allylic oxidation sites excluding steroid dienone is 1. The van der Waals surface area contributed by atoms with Crippen LogP contribution in [-0.4, -0.2) is 9.55 Å². The Hall–Kier alpha value is -1.45. The first-order chi connectivity index (χ1) is 6.38. The number of hydrogen-bond acceptors (Lipinski definition) is 3. The number of hydrogen-bond donors (Lipinski definition) is 0. The Morgan fingerprint density at radius 1 is 1.69 bits per heavy atom. The van der Waals surface area contributed by atoms with E-state index in [2.05, 4.69) is 16.7 Å². The summed E-state index contributed by atoms with van der Waals surface area (Å²) < 4.78 is 1.95. The smallest absolute Gasteiger partial charge is 0.139 e. The fraction of sp³-hybridized carbons (Fsp3) is 0.444. The largest absolute Gasteiger partial charge is 0.333 e. The highest BCUT2D eigenvalue weighted by atomic mass is 16.3. The van der Waals surface area contributed by atoms with Crippen molar-refractivity contribution < 1.29 is 0 Å². The van der Waals surface area contributed by atoms with Crippen LogP contribution in [0.15, 0.2) is 30.2 Å². The Labute approximate surface area is 77.3 Å². The fourth-order valence-electron chi connectivity index (χ4n) is 1.16. The molecule has 0 aliphatic rings. The SMILES string of the molecule is C=CCCCn1ccnc1CN=O. The Balaban J connectivity index is 2.49. The monoisotopic (exact) mass is 179 g/mol. The molecule has 0 aliphatic carbocycles. The maximum absolute atomic E-state index is 10.0. The van der Waals surface area contributed by atoms with Crippen molar-refractivity contribution in [2.45, 2.75) is 25.9 Å². The molecule has 0 bridgehead atoms. The topological polar surface area (TPSA) is 47.2 Å². The normalized spacial score (nSPS) is 9.85. The summed E-state index contributed by atoms with van der Waals surface area (Å²) in [5, 5.41) is 2.81. The van der Waals surface area contributed by atoms with Gasteiger partial charge in [0.05, 0.1) is 0 Å². The maximum atomic E-state index is 10.0. The van der Waals surface area contributed by atoms with E-state index in [0.717, 1.165) is 25.2 Å². The predicted octanol–water partition coefficient (Wildman–Crippen LogP) is 2.12. The molecule has 0 aromatic carbocycles. The molecule has 0 unspecified atom stereocenters. The Bertz CT molecular complexity index is 280. The van der Waals surface area contributed by atoms with Gasteiger partial charge in [-0.3, -0.25) is 0 Å². The molecule has 0 saturated carbocycles. The molecule has 1 rings (SSSR count). The lowest BCUT2D eigenvalue weighted by Crippen LogP contribution is -2.01. The molecule has 0 fully saturated rings. The number of aromatic nitrogens is 2. The first-order valence-electron chi connectivity index (χ1n) is 4.28. The third kappa shape index (κ3) is 2.82. The molecule has 0 atom stereocenters. The number of nitrogens with zero attached hydrogens (tertiary/aromatic N) is 3. The Morgan fingerprint density at radius 3 is 3.23 bits per heavy atom. The van der Waals surface area contributed by atoms with Gasteiger partial charge in [0.15, 0.2) is 0 Å². The zero-order valence-corrected chi connectivity index (χ0v) is 7.52. The van der Waals surface area contributed by atoms with Crippen molar-refractivity contribution in [3.8, 4) is 0 Å². The van der Waals surface area contributed by atoms with Gasteiger partial charge in [-0.1, -0.05) is 11.3 Å². The fourth-order valence-corrected chi connectivity index (χ4v) is 1.16. The molecule has 1 heterocycles. The van der Waals surface area contributed by atoms with Crippen molar-refractivity contribution in [1.82, 2.24) is 9.55 Å². The Morgan fingerprint density at radius 2 is 2.54 bits per heavy atom. The molecule has 70 valence electrons. The quantitative estimate of drug-likeness (QED) is 0.381. The minimum atomic E-state index is 0.154. The second-order valence-corrected chi connectivity index (χ2v) is 2.75. The zero-order chi connectivity index (χ0) is 9.52. The average Bonchev–Trinajstić information content (AvgIpc) is 2.54. The number of rotatable bonds is 6. The number of unbranched alkanes of at least 4 members (excludes halogenated alkanes) is 1. The van der Waals surface area contributed by atoms with Crippen LogP contribution in [0.25, 0.3) is 0 Å². The third-order valence-electron chi connectivity index (χ3n) is 1.81. The summed E-state index contributed by atoms with van der Waals surface area (Å²) in [7, 11) is 0. The van der Waals surface area contributed by atoms with Crippen molar-refractivity contribution in [1.29, 1.82) is 0 Å². The highest BCUT2D eigenvalue weighted by Gasteiger charge is 2.00. The van der Waals surface area contributed by atoms with Gasteiger partial charge in [-0.2, -0.15) is 4.91 Å². The molecule has 0 amide bonds. The zero-order valence-electron chi connectivity index (χ0n) is 7.52. The lowest BCUT2D eigenvalue weighted by Gasteiger charge is -2.03. The summed E-state index contributed by atoms with van der Waals surface area (Å²) in [6, 6.07) is 0. The van der Waals surface area contributed by atoms with E-state index >= 15 is 0 Å². The summed E-state index contributed by atoms with van der Waals surface area (Å²) >= 11 is 0. The van der Waals surface area contributed by atoms with E-state index in [4.69, 9.17) is 0 Å². The van der Waals surface area contributed by atoms with Gasteiger partial charge in [-0.25, -0.2) is 4.98 Å². The molecule has 1 aromatic rings. The average molecular weight is 179 g/mol. The predicted molar refractivity (Wildman–Crippen MR) is 51.2 cm³/mol. The molecule has 1 aromatic heterocycles. The van der Waals surface area contributed by atoms with Crippen LogP contribution in [0.2, 0.25) is 0 Å². The van der Waals surface area contributed by atoms with Crippen molar-refractivity contribution >= 4 is 0 Å².